The number of hydrogen-bond acceptors (Lipinski definition) is 2. The average molecular weight is 205 g/mol. The number of nitrogens with zero attached hydrogens (tertiary/aromatic N) is 2. The standard InChI is InChI=1S/C11H12FN3/c1-8(13)9-4-2-5-10(12)11(9)15-7-3-6-14-15/h2-8H,13H2,1H3. The minimum Gasteiger partial charge on any atom is -0.324 e. The van der Waals surface area contributed by atoms with Crippen LogP contribution < -0.4 is 5.73 Å². The van der Waals surface area contributed by atoms with E-state index < -0.39 is 0 Å². The third-order valence-electron chi connectivity index (χ3n) is 2.24. The molecule has 15 heavy (non-hydrogen) atoms. The Bertz CT molecular complexity index is 449. The molecule has 0 aliphatic heterocycles. The summed E-state index contributed by atoms with van der Waals surface area (Å²) in [6.45, 7) is 1.82. The third kappa shape index (κ3) is 1.76. The van der Waals surface area contributed by atoms with Gasteiger partial charge in [-0.05, 0) is 24.6 Å². The minimum atomic E-state index is -0.312. The molecule has 4 heteroatoms. The van der Waals surface area contributed by atoms with Crippen molar-refractivity contribution in [3.8, 4) is 5.69 Å². The first kappa shape index (κ1) is 9.86. The van der Waals surface area contributed by atoms with Crippen molar-refractivity contribution in [3.63, 3.8) is 0 Å². The highest BCUT2D eigenvalue weighted by Crippen LogP contribution is 2.22. The molecule has 0 aliphatic carbocycles. The van der Waals surface area contributed by atoms with Crippen molar-refractivity contribution in [1.82, 2.24) is 9.78 Å². The summed E-state index contributed by atoms with van der Waals surface area (Å²) in [7, 11) is 0. The van der Waals surface area contributed by atoms with Gasteiger partial charge in [-0.3, -0.25) is 0 Å². The molecule has 0 saturated carbocycles. The van der Waals surface area contributed by atoms with E-state index in [0.29, 0.717) is 5.69 Å². The van der Waals surface area contributed by atoms with Crippen molar-refractivity contribution in [1.29, 1.82) is 0 Å². The van der Waals surface area contributed by atoms with Crippen molar-refractivity contribution >= 4 is 0 Å². The van der Waals surface area contributed by atoms with Gasteiger partial charge in [0.1, 0.15) is 11.5 Å². The van der Waals surface area contributed by atoms with Gasteiger partial charge < -0.3 is 5.73 Å². The number of halogens is 1. The molecule has 2 rings (SSSR count). The van der Waals surface area contributed by atoms with Crippen molar-refractivity contribution < 1.29 is 4.39 Å². The molecule has 0 aliphatic rings. The second kappa shape index (κ2) is 3.82. The van der Waals surface area contributed by atoms with Gasteiger partial charge in [-0.1, -0.05) is 12.1 Å². The maximum absolute atomic E-state index is 13.7. The van der Waals surface area contributed by atoms with Crippen LogP contribution in [0.25, 0.3) is 5.69 Å². The van der Waals surface area contributed by atoms with Crippen molar-refractivity contribution in [3.05, 3.63) is 48.0 Å². The molecule has 2 aromatic rings. The largest absolute Gasteiger partial charge is 0.324 e. The van der Waals surface area contributed by atoms with Crippen LogP contribution in [0.4, 0.5) is 4.39 Å². The highest BCUT2D eigenvalue weighted by atomic mass is 19.1. The zero-order valence-electron chi connectivity index (χ0n) is 8.39. The molecule has 1 heterocycles. The molecule has 1 atom stereocenters. The Morgan fingerprint density at radius 1 is 1.40 bits per heavy atom. The summed E-state index contributed by atoms with van der Waals surface area (Å²) >= 11 is 0. The topological polar surface area (TPSA) is 43.8 Å². The summed E-state index contributed by atoms with van der Waals surface area (Å²) in [5.41, 5.74) is 6.96. The minimum absolute atomic E-state index is 0.222. The molecular weight excluding hydrogens is 193 g/mol. The lowest BCUT2D eigenvalue weighted by Crippen LogP contribution is -2.11. The fraction of sp³-hybridized carbons (Fsp3) is 0.182. The molecule has 0 bridgehead atoms. The van der Waals surface area contributed by atoms with Crippen molar-refractivity contribution in [2.45, 2.75) is 13.0 Å². The Hall–Kier alpha value is -1.68. The summed E-state index contributed by atoms with van der Waals surface area (Å²) in [5.74, 6) is -0.312. The van der Waals surface area contributed by atoms with Crippen LogP contribution in [0.5, 0.6) is 0 Å². The highest BCUT2D eigenvalue weighted by molar-refractivity contribution is 5.43. The molecule has 3 nitrogen and oxygen atoms in total. The van der Waals surface area contributed by atoms with Crippen LogP contribution in [-0.4, -0.2) is 9.78 Å². The molecule has 0 radical (unpaired) electrons. The van der Waals surface area contributed by atoms with E-state index in [1.807, 2.05) is 13.0 Å². The van der Waals surface area contributed by atoms with Gasteiger partial charge in [-0.2, -0.15) is 5.10 Å². The number of aromatic nitrogens is 2. The maximum atomic E-state index is 13.7. The molecule has 2 N–H and O–H groups in total. The van der Waals surface area contributed by atoms with Crippen LogP contribution in [0.3, 0.4) is 0 Å². The first-order valence-corrected chi connectivity index (χ1v) is 4.74. The Morgan fingerprint density at radius 3 is 2.80 bits per heavy atom. The summed E-state index contributed by atoms with van der Waals surface area (Å²) in [6.07, 6.45) is 3.31. The van der Waals surface area contributed by atoms with Gasteiger partial charge >= 0.3 is 0 Å². The fourth-order valence-electron chi connectivity index (χ4n) is 1.54. The number of nitrogens with two attached hydrogens (primary N) is 1. The summed E-state index contributed by atoms with van der Waals surface area (Å²) in [4.78, 5) is 0. The van der Waals surface area contributed by atoms with E-state index in [9.17, 15) is 4.39 Å². The number of para-hydroxylation sites is 1. The molecule has 1 unspecified atom stereocenters. The Balaban J connectivity index is 2.63. The van der Waals surface area contributed by atoms with Gasteiger partial charge in [-0.15, -0.1) is 0 Å². The van der Waals surface area contributed by atoms with E-state index in [2.05, 4.69) is 5.10 Å². The Kier molecular flexibility index (Phi) is 2.51. The number of benzene rings is 1. The molecule has 1 aromatic carbocycles. The van der Waals surface area contributed by atoms with Gasteiger partial charge in [0.05, 0.1) is 0 Å². The van der Waals surface area contributed by atoms with Crippen LogP contribution in [0.1, 0.15) is 18.5 Å². The zero-order valence-corrected chi connectivity index (χ0v) is 8.39. The quantitative estimate of drug-likeness (QED) is 0.815. The van der Waals surface area contributed by atoms with E-state index in [0.717, 1.165) is 5.56 Å². The first-order chi connectivity index (χ1) is 7.20. The predicted molar refractivity (Wildman–Crippen MR) is 56.1 cm³/mol. The van der Waals surface area contributed by atoms with E-state index in [1.54, 1.807) is 24.5 Å². The van der Waals surface area contributed by atoms with E-state index in [-0.39, 0.29) is 11.9 Å². The van der Waals surface area contributed by atoms with E-state index in [1.165, 1.54) is 10.7 Å². The van der Waals surface area contributed by atoms with E-state index in [4.69, 9.17) is 5.73 Å². The third-order valence-corrected chi connectivity index (χ3v) is 2.24. The lowest BCUT2D eigenvalue weighted by molar-refractivity contribution is 0.603. The summed E-state index contributed by atoms with van der Waals surface area (Å²) in [6, 6.07) is 6.39. The van der Waals surface area contributed by atoms with Crippen LogP contribution in [0.15, 0.2) is 36.7 Å². The molecular formula is C11H12FN3. The van der Waals surface area contributed by atoms with Gasteiger partial charge in [0.15, 0.2) is 0 Å². The normalized spacial score (nSPS) is 12.7. The second-order valence-corrected chi connectivity index (χ2v) is 3.42. The monoisotopic (exact) mass is 205 g/mol. The van der Waals surface area contributed by atoms with Crippen LogP contribution in [0, 0.1) is 5.82 Å². The molecule has 1 aromatic heterocycles. The van der Waals surface area contributed by atoms with Crippen molar-refractivity contribution in [2.24, 2.45) is 5.73 Å². The number of hydrogen-bond donors (Lipinski definition) is 1. The SMILES string of the molecule is CC(N)c1cccc(F)c1-n1cccn1. The lowest BCUT2D eigenvalue weighted by Gasteiger charge is -2.13. The van der Waals surface area contributed by atoms with Gasteiger partial charge in [0, 0.05) is 18.4 Å². The molecule has 0 fully saturated rings. The Morgan fingerprint density at radius 2 is 2.20 bits per heavy atom. The van der Waals surface area contributed by atoms with Crippen LogP contribution in [0.2, 0.25) is 0 Å². The summed E-state index contributed by atoms with van der Waals surface area (Å²) in [5, 5.41) is 4.01. The van der Waals surface area contributed by atoms with E-state index >= 15 is 0 Å². The highest BCUT2D eigenvalue weighted by Gasteiger charge is 2.13. The molecule has 0 amide bonds. The maximum Gasteiger partial charge on any atom is 0.149 e. The van der Waals surface area contributed by atoms with Crippen LogP contribution in [-0.2, 0) is 0 Å². The molecule has 0 saturated heterocycles. The van der Waals surface area contributed by atoms with Crippen LogP contribution >= 0.6 is 0 Å². The number of rotatable bonds is 2. The lowest BCUT2D eigenvalue weighted by atomic mass is 10.1. The summed E-state index contributed by atoms with van der Waals surface area (Å²) < 4.78 is 15.2. The van der Waals surface area contributed by atoms with Gasteiger partial charge in [-0.25, -0.2) is 9.07 Å². The van der Waals surface area contributed by atoms with Gasteiger partial charge in [0.25, 0.3) is 0 Å². The second-order valence-electron chi connectivity index (χ2n) is 3.42. The predicted octanol–water partition coefficient (Wildman–Crippen LogP) is 2.03. The van der Waals surface area contributed by atoms with Gasteiger partial charge in [0.2, 0.25) is 0 Å². The molecule has 0 spiro atoms. The average Bonchev–Trinajstić information content (AvgIpc) is 2.70. The smallest absolute Gasteiger partial charge is 0.149 e. The fourth-order valence-corrected chi connectivity index (χ4v) is 1.54. The Labute approximate surface area is 87.3 Å². The first-order valence-electron chi connectivity index (χ1n) is 4.74. The van der Waals surface area contributed by atoms with Crippen molar-refractivity contribution in [2.75, 3.05) is 0 Å². The zero-order chi connectivity index (χ0) is 10.8. The molecule has 78 valence electrons.